The summed E-state index contributed by atoms with van der Waals surface area (Å²) in [5.41, 5.74) is 2.09. The fourth-order valence-electron chi connectivity index (χ4n) is 3.20. The highest BCUT2D eigenvalue weighted by Gasteiger charge is 2.31. The SMILES string of the molecule is O=C(O)C=CC(=O)O.O=C1NC(=O)C(Cc2ccc3c(c2)CN(c2ccccn2)CCO3)S1. The van der Waals surface area contributed by atoms with Crippen LogP contribution in [0.15, 0.2) is 54.7 Å². The van der Waals surface area contributed by atoms with Crippen LogP contribution < -0.4 is 15.0 Å². The predicted octanol–water partition coefficient (Wildman–Crippen LogP) is 2.09. The highest BCUT2D eigenvalue weighted by Crippen LogP contribution is 2.29. The van der Waals surface area contributed by atoms with Crippen molar-refractivity contribution in [2.24, 2.45) is 0 Å². The molecule has 3 N–H and O–H groups in total. The molecule has 1 fully saturated rings. The average molecular weight is 471 g/mol. The zero-order valence-corrected chi connectivity index (χ0v) is 18.2. The lowest BCUT2D eigenvalue weighted by molar-refractivity contribution is -0.134. The number of ether oxygens (including phenoxy) is 1. The van der Waals surface area contributed by atoms with Gasteiger partial charge in [0.15, 0.2) is 0 Å². The Bertz CT molecular complexity index is 1060. The number of fused-ring (bicyclic) bond motifs is 1. The van der Waals surface area contributed by atoms with Crippen molar-refractivity contribution in [2.45, 2.75) is 18.2 Å². The van der Waals surface area contributed by atoms with Crippen LogP contribution in [-0.4, -0.2) is 56.7 Å². The summed E-state index contributed by atoms with van der Waals surface area (Å²) in [6.45, 7) is 2.05. The molecule has 0 saturated carbocycles. The first kappa shape index (κ1) is 23.8. The monoisotopic (exact) mass is 471 g/mol. The molecule has 1 aromatic heterocycles. The Morgan fingerprint density at radius 2 is 1.94 bits per heavy atom. The number of carbonyl (C=O) groups excluding carboxylic acids is 2. The van der Waals surface area contributed by atoms with Gasteiger partial charge in [0.05, 0.1) is 11.8 Å². The Morgan fingerprint density at radius 3 is 2.55 bits per heavy atom. The number of anilines is 1. The molecule has 2 aliphatic heterocycles. The number of nitrogens with one attached hydrogen (secondary N) is 1. The third-order valence-electron chi connectivity index (χ3n) is 4.63. The molecule has 3 heterocycles. The fraction of sp³-hybridized carbons (Fsp3) is 0.227. The van der Waals surface area contributed by atoms with Gasteiger partial charge in [-0.1, -0.05) is 30.0 Å². The molecule has 1 aromatic carbocycles. The summed E-state index contributed by atoms with van der Waals surface area (Å²) < 4.78 is 5.86. The first-order chi connectivity index (χ1) is 15.8. The van der Waals surface area contributed by atoms with Gasteiger partial charge in [0.25, 0.3) is 5.24 Å². The molecule has 0 bridgehead atoms. The molecular weight excluding hydrogens is 450 g/mol. The molecule has 33 heavy (non-hydrogen) atoms. The van der Waals surface area contributed by atoms with E-state index in [1.807, 2.05) is 30.3 Å². The van der Waals surface area contributed by atoms with Crippen LogP contribution in [0, 0.1) is 0 Å². The lowest BCUT2D eigenvalue weighted by Gasteiger charge is -2.20. The van der Waals surface area contributed by atoms with E-state index in [4.69, 9.17) is 14.9 Å². The summed E-state index contributed by atoms with van der Waals surface area (Å²) in [5.74, 6) is -0.946. The number of nitrogens with zero attached hydrogens (tertiary/aromatic N) is 2. The van der Waals surface area contributed by atoms with Crippen LogP contribution >= 0.6 is 11.8 Å². The van der Waals surface area contributed by atoms with Crippen molar-refractivity contribution >= 4 is 40.7 Å². The minimum absolute atomic E-state index is 0.212. The highest BCUT2D eigenvalue weighted by atomic mass is 32.2. The third kappa shape index (κ3) is 7.07. The molecule has 2 aliphatic rings. The molecule has 10 nitrogen and oxygen atoms in total. The van der Waals surface area contributed by atoms with Gasteiger partial charge in [0.1, 0.15) is 18.2 Å². The number of aromatic nitrogens is 1. The summed E-state index contributed by atoms with van der Waals surface area (Å²) in [6.07, 6.45) is 3.43. The maximum Gasteiger partial charge on any atom is 0.328 e. The van der Waals surface area contributed by atoms with E-state index in [0.717, 1.165) is 41.0 Å². The van der Waals surface area contributed by atoms with E-state index in [1.165, 1.54) is 0 Å². The number of carboxylic acid groups (broad SMARTS) is 2. The fourth-order valence-corrected chi connectivity index (χ4v) is 4.05. The van der Waals surface area contributed by atoms with Crippen LogP contribution in [0.4, 0.5) is 10.6 Å². The average Bonchev–Trinajstić information content (AvgIpc) is 2.97. The van der Waals surface area contributed by atoms with Crippen molar-refractivity contribution in [3.8, 4) is 5.75 Å². The molecule has 2 amide bonds. The molecule has 1 saturated heterocycles. The zero-order chi connectivity index (χ0) is 23.8. The second-order valence-corrected chi connectivity index (χ2v) is 8.17. The molecule has 2 aromatic rings. The van der Waals surface area contributed by atoms with E-state index in [0.29, 0.717) is 31.7 Å². The molecule has 0 spiro atoms. The Hall–Kier alpha value is -3.86. The first-order valence-electron chi connectivity index (χ1n) is 9.88. The van der Waals surface area contributed by atoms with Crippen LogP contribution in [0.5, 0.6) is 5.75 Å². The summed E-state index contributed by atoms with van der Waals surface area (Å²) in [7, 11) is 0. The van der Waals surface area contributed by atoms with Crippen LogP contribution in [0.1, 0.15) is 11.1 Å². The Kier molecular flexibility index (Phi) is 8.03. The van der Waals surface area contributed by atoms with Crippen molar-refractivity contribution in [1.82, 2.24) is 10.3 Å². The minimum Gasteiger partial charge on any atom is -0.491 e. The number of benzene rings is 1. The quantitative estimate of drug-likeness (QED) is 0.554. The molecule has 1 atom stereocenters. The van der Waals surface area contributed by atoms with Crippen molar-refractivity contribution in [3.05, 3.63) is 65.9 Å². The number of amides is 2. The summed E-state index contributed by atoms with van der Waals surface area (Å²) >= 11 is 1.06. The number of hydrogen-bond acceptors (Lipinski definition) is 8. The second-order valence-electron chi connectivity index (χ2n) is 7.00. The molecule has 4 rings (SSSR count). The van der Waals surface area contributed by atoms with E-state index in [-0.39, 0.29) is 16.4 Å². The number of carbonyl (C=O) groups is 4. The van der Waals surface area contributed by atoms with Crippen LogP contribution in [0.3, 0.4) is 0 Å². The maximum atomic E-state index is 11.8. The highest BCUT2D eigenvalue weighted by molar-refractivity contribution is 8.15. The van der Waals surface area contributed by atoms with E-state index in [9.17, 15) is 19.2 Å². The van der Waals surface area contributed by atoms with E-state index < -0.39 is 11.9 Å². The standard InChI is InChI=1S/C18H17N3O3S.C4H4O4/c22-17-15(25-18(23)20-17)10-12-4-5-14-13(9-12)11-21(7-8-24-14)16-3-1-2-6-19-16;5-3(6)1-2-4(7)8/h1-6,9,15H,7-8,10-11H2,(H,20,22,23);1-2H,(H,5,6)(H,7,8). The maximum absolute atomic E-state index is 11.8. The first-order valence-corrected chi connectivity index (χ1v) is 10.8. The number of aliphatic carboxylic acids is 2. The molecule has 172 valence electrons. The van der Waals surface area contributed by atoms with Gasteiger partial charge in [-0.3, -0.25) is 14.9 Å². The van der Waals surface area contributed by atoms with Crippen molar-refractivity contribution in [2.75, 3.05) is 18.1 Å². The zero-order valence-electron chi connectivity index (χ0n) is 17.3. The van der Waals surface area contributed by atoms with Gasteiger partial charge in [0, 0.05) is 30.5 Å². The summed E-state index contributed by atoms with van der Waals surface area (Å²) in [4.78, 5) is 48.8. The molecular formula is C22H21N3O7S. The number of carboxylic acids is 2. The minimum atomic E-state index is -1.26. The molecule has 11 heteroatoms. The number of imide groups is 1. The van der Waals surface area contributed by atoms with Gasteiger partial charge in [-0.25, -0.2) is 14.6 Å². The number of thioether (sulfide) groups is 1. The number of hydrogen-bond donors (Lipinski definition) is 3. The Labute approximate surface area is 193 Å². The van der Waals surface area contributed by atoms with E-state index >= 15 is 0 Å². The van der Waals surface area contributed by atoms with Gasteiger partial charge < -0.3 is 19.8 Å². The Balaban J connectivity index is 0.000000331. The summed E-state index contributed by atoms with van der Waals surface area (Å²) in [6, 6.07) is 11.8. The van der Waals surface area contributed by atoms with Crippen LogP contribution in [-0.2, 0) is 27.3 Å². The number of pyridine rings is 1. The van der Waals surface area contributed by atoms with Gasteiger partial charge >= 0.3 is 11.9 Å². The molecule has 1 unspecified atom stereocenters. The topological polar surface area (TPSA) is 146 Å². The van der Waals surface area contributed by atoms with Crippen LogP contribution in [0.25, 0.3) is 0 Å². The van der Waals surface area contributed by atoms with Gasteiger partial charge in [0.2, 0.25) is 5.91 Å². The Morgan fingerprint density at radius 1 is 1.18 bits per heavy atom. The third-order valence-corrected chi connectivity index (χ3v) is 5.62. The second kappa shape index (κ2) is 11.1. The molecule has 0 aliphatic carbocycles. The van der Waals surface area contributed by atoms with Crippen molar-refractivity contribution in [1.29, 1.82) is 0 Å². The number of rotatable bonds is 5. The van der Waals surface area contributed by atoms with Crippen molar-refractivity contribution < 1.29 is 34.1 Å². The predicted molar refractivity (Wildman–Crippen MR) is 120 cm³/mol. The summed E-state index contributed by atoms with van der Waals surface area (Å²) in [5, 5.41) is 17.3. The van der Waals surface area contributed by atoms with Gasteiger partial charge in [-0.15, -0.1) is 0 Å². The van der Waals surface area contributed by atoms with Gasteiger partial charge in [-0.05, 0) is 30.2 Å². The van der Waals surface area contributed by atoms with Gasteiger partial charge in [-0.2, -0.15) is 0 Å². The normalized spacial score (nSPS) is 17.3. The lowest BCUT2D eigenvalue weighted by atomic mass is 10.0. The largest absolute Gasteiger partial charge is 0.491 e. The lowest BCUT2D eigenvalue weighted by Crippen LogP contribution is -2.26. The van der Waals surface area contributed by atoms with Crippen molar-refractivity contribution in [3.63, 3.8) is 0 Å². The molecule has 0 radical (unpaired) electrons. The van der Waals surface area contributed by atoms with E-state index in [2.05, 4.69) is 21.3 Å². The van der Waals surface area contributed by atoms with Crippen LogP contribution in [0.2, 0.25) is 0 Å². The van der Waals surface area contributed by atoms with E-state index in [1.54, 1.807) is 6.20 Å². The smallest absolute Gasteiger partial charge is 0.328 e.